The first-order valence-corrected chi connectivity index (χ1v) is 7.78. The van der Waals surface area contributed by atoms with E-state index < -0.39 is 10.0 Å². The lowest BCUT2D eigenvalue weighted by atomic mass is 10.4. The van der Waals surface area contributed by atoms with E-state index in [9.17, 15) is 8.42 Å². The molecule has 0 aromatic carbocycles. The van der Waals surface area contributed by atoms with Crippen LogP contribution >= 0.6 is 0 Å². The predicted octanol–water partition coefficient (Wildman–Crippen LogP) is 1.11. The van der Waals surface area contributed by atoms with Gasteiger partial charge >= 0.3 is 0 Å². The summed E-state index contributed by atoms with van der Waals surface area (Å²) in [5, 5.41) is 3.06. The maximum atomic E-state index is 12.3. The van der Waals surface area contributed by atoms with Crippen LogP contribution in [0, 0.1) is 0 Å². The molecular weight excluding hydrogens is 278 g/mol. The molecule has 108 valence electrons. The largest absolute Gasteiger partial charge is 0.383 e. The van der Waals surface area contributed by atoms with E-state index in [-0.39, 0.29) is 11.6 Å². The van der Waals surface area contributed by atoms with Crippen molar-refractivity contribution in [3.63, 3.8) is 0 Å². The Hall–Kier alpha value is -1.93. The van der Waals surface area contributed by atoms with Crippen molar-refractivity contribution in [1.82, 2.24) is 19.7 Å². The number of rotatable bonds is 7. The lowest BCUT2D eigenvalue weighted by Crippen LogP contribution is -2.25. The zero-order valence-corrected chi connectivity index (χ0v) is 11.9. The first kappa shape index (κ1) is 14.5. The van der Waals surface area contributed by atoms with Crippen LogP contribution in [-0.4, -0.2) is 29.9 Å². The Kier molecular flexibility index (Phi) is 4.70. The molecule has 0 atom stereocenters. The first-order chi connectivity index (χ1) is 9.63. The molecular formula is C12H17N5O2S. The van der Waals surface area contributed by atoms with Crippen LogP contribution in [0.5, 0.6) is 0 Å². The number of pyridine rings is 1. The number of aromatic nitrogens is 3. The summed E-state index contributed by atoms with van der Waals surface area (Å²) in [6.07, 6.45) is 5.56. The molecule has 2 aromatic heterocycles. The number of imidazole rings is 1. The number of anilines is 1. The number of H-pyrrole nitrogens is 1. The highest BCUT2D eigenvalue weighted by Crippen LogP contribution is 2.17. The number of sulfonamides is 1. The van der Waals surface area contributed by atoms with Gasteiger partial charge in [-0.2, -0.15) is 0 Å². The van der Waals surface area contributed by atoms with E-state index in [0.29, 0.717) is 18.1 Å². The van der Waals surface area contributed by atoms with Crippen molar-refractivity contribution >= 4 is 15.7 Å². The highest BCUT2D eigenvalue weighted by molar-refractivity contribution is 7.89. The Balaban J connectivity index is 2.16. The summed E-state index contributed by atoms with van der Waals surface area (Å²) in [6.45, 7) is 2.79. The highest BCUT2D eigenvalue weighted by Gasteiger charge is 2.19. The van der Waals surface area contributed by atoms with Crippen LogP contribution in [0.15, 0.2) is 35.7 Å². The molecule has 0 radical (unpaired) electrons. The Labute approximate surface area is 117 Å². The Morgan fingerprint density at radius 3 is 2.85 bits per heavy atom. The van der Waals surface area contributed by atoms with Gasteiger partial charge < -0.3 is 10.3 Å². The molecule has 0 aliphatic rings. The molecule has 0 bridgehead atoms. The lowest BCUT2D eigenvalue weighted by molar-refractivity contribution is 0.576. The van der Waals surface area contributed by atoms with Crippen molar-refractivity contribution in [3.05, 3.63) is 36.5 Å². The first-order valence-electron chi connectivity index (χ1n) is 6.30. The minimum Gasteiger partial charge on any atom is -0.383 e. The summed E-state index contributed by atoms with van der Waals surface area (Å²) in [4.78, 5) is 10.8. The molecule has 7 nitrogen and oxygen atoms in total. The van der Waals surface area contributed by atoms with Gasteiger partial charge in [0.2, 0.25) is 0 Å². The number of hydrogen-bond donors (Lipinski definition) is 3. The molecule has 2 rings (SSSR count). The SMILES string of the molecule is CCCNc1cccnc1S(=O)(=O)NCc1ncc[nH]1. The van der Waals surface area contributed by atoms with Crippen molar-refractivity contribution in [1.29, 1.82) is 0 Å². The van der Waals surface area contributed by atoms with Gasteiger partial charge in [-0.15, -0.1) is 0 Å². The summed E-state index contributed by atoms with van der Waals surface area (Å²) >= 11 is 0. The van der Waals surface area contributed by atoms with E-state index in [1.807, 2.05) is 6.92 Å². The molecule has 0 amide bonds. The Morgan fingerprint density at radius 1 is 1.30 bits per heavy atom. The van der Waals surface area contributed by atoms with Crippen LogP contribution in [-0.2, 0) is 16.6 Å². The van der Waals surface area contributed by atoms with Gasteiger partial charge in [0.15, 0.2) is 5.03 Å². The van der Waals surface area contributed by atoms with Crippen LogP contribution < -0.4 is 10.0 Å². The van der Waals surface area contributed by atoms with Gasteiger partial charge in [-0.05, 0) is 18.6 Å². The van der Waals surface area contributed by atoms with Crippen molar-refractivity contribution in [3.8, 4) is 0 Å². The van der Waals surface area contributed by atoms with Gasteiger partial charge in [0.05, 0.1) is 12.2 Å². The van der Waals surface area contributed by atoms with E-state index in [4.69, 9.17) is 0 Å². The minimum absolute atomic E-state index is 0.00000567. The van der Waals surface area contributed by atoms with Gasteiger partial charge in [0, 0.05) is 25.1 Å². The fourth-order valence-corrected chi connectivity index (χ4v) is 2.72. The van der Waals surface area contributed by atoms with Crippen molar-refractivity contribution in [2.45, 2.75) is 24.9 Å². The molecule has 20 heavy (non-hydrogen) atoms. The molecule has 0 unspecified atom stereocenters. The summed E-state index contributed by atoms with van der Waals surface area (Å²) < 4.78 is 27.0. The van der Waals surface area contributed by atoms with Crippen LogP contribution in [0.3, 0.4) is 0 Å². The smallest absolute Gasteiger partial charge is 0.260 e. The molecule has 0 aliphatic heterocycles. The average Bonchev–Trinajstić information content (AvgIpc) is 2.97. The molecule has 2 heterocycles. The molecule has 0 spiro atoms. The molecule has 3 N–H and O–H groups in total. The molecule has 0 aliphatic carbocycles. The maximum absolute atomic E-state index is 12.3. The molecule has 2 aromatic rings. The monoisotopic (exact) mass is 295 g/mol. The summed E-state index contributed by atoms with van der Waals surface area (Å²) in [6, 6.07) is 3.40. The van der Waals surface area contributed by atoms with E-state index in [1.165, 1.54) is 6.20 Å². The Morgan fingerprint density at radius 2 is 2.15 bits per heavy atom. The molecule has 0 saturated carbocycles. The lowest BCUT2D eigenvalue weighted by Gasteiger charge is -2.11. The van der Waals surface area contributed by atoms with Gasteiger partial charge in [-0.1, -0.05) is 6.92 Å². The van der Waals surface area contributed by atoms with Gasteiger partial charge in [-0.3, -0.25) is 0 Å². The summed E-state index contributed by atoms with van der Waals surface area (Å²) in [7, 11) is -3.68. The fourth-order valence-electron chi connectivity index (χ4n) is 1.63. The van der Waals surface area contributed by atoms with Crippen molar-refractivity contribution in [2.24, 2.45) is 0 Å². The van der Waals surface area contributed by atoms with Crippen LogP contribution in [0.25, 0.3) is 0 Å². The molecule has 8 heteroatoms. The number of nitrogens with one attached hydrogen (secondary N) is 3. The average molecular weight is 295 g/mol. The van der Waals surface area contributed by atoms with Gasteiger partial charge in [-0.25, -0.2) is 23.1 Å². The predicted molar refractivity (Wildman–Crippen MR) is 75.6 cm³/mol. The van der Waals surface area contributed by atoms with Gasteiger partial charge in [0.25, 0.3) is 10.0 Å². The van der Waals surface area contributed by atoms with E-state index in [1.54, 1.807) is 24.5 Å². The van der Waals surface area contributed by atoms with Crippen LogP contribution in [0.1, 0.15) is 19.2 Å². The van der Waals surface area contributed by atoms with Crippen molar-refractivity contribution in [2.75, 3.05) is 11.9 Å². The van der Waals surface area contributed by atoms with Crippen molar-refractivity contribution < 1.29 is 8.42 Å². The Bertz CT molecular complexity index is 640. The topological polar surface area (TPSA) is 99.8 Å². The van der Waals surface area contributed by atoms with E-state index in [2.05, 4.69) is 25.0 Å². The third-order valence-electron chi connectivity index (χ3n) is 2.58. The molecule has 0 saturated heterocycles. The second kappa shape index (κ2) is 6.49. The summed E-state index contributed by atoms with van der Waals surface area (Å²) in [5.74, 6) is 0.549. The second-order valence-electron chi connectivity index (χ2n) is 4.14. The minimum atomic E-state index is -3.68. The molecule has 0 fully saturated rings. The zero-order chi connectivity index (χ0) is 14.4. The number of hydrogen-bond acceptors (Lipinski definition) is 5. The van der Waals surface area contributed by atoms with Crippen LogP contribution in [0.2, 0.25) is 0 Å². The third-order valence-corrected chi connectivity index (χ3v) is 3.93. The van der Waals surface area contributed by atoms with E-state index >= 15 is 0 Å². The third kappa shape index (κ3) is 3.55. The fraction of sp³-hybridized carbons (Fsp3) is 0.333. The number of aromatic amines is 1. The quantitative estimate of drug-likeness (QED) is 0.710. The van der Waals surface area contributed by atoms with Gasteiger partial charge in [0.1, 0.15) is 5.82 Å². The standard InChI is InChI=1S/C12H17N5O2S/c1-2-5-13-10-4-3-6-16-12(10)20(18,19)17-9-11-14-7-8-15-11/h3-4,6-8,13,17H,2,5,9H2,1H3,(H,14,15). The zero-order valence-electron chi connectivity index (χ0n) is 11.1. The maximum Gasteiger partial charge on any atom is 0.260 e. The van der Waals surface area contributed by atoms with Crippen LogP contribution in [0.4, 0.5) is 5.69 Å². The number of nitrogens with zero attached hydrogens (tertiary/aromatic N) is 2. The summed E-state index contributed by atoms with van der Waals surface area (Å²) in [5.41, 5.74) is 0.501. The van der Waals surface area contributed by atoms with E-state index in [0.717, 1.165) is 6.42 Å². The normalized spacial score (nSPS) is 11.4. The highest BCUT2D eigenvalue weighted by atomic mass is 32.2. The second-order valence-corrected chi connectivity index (χ2v) is 5.83.